The van der Waals surface area contributed by atoms with Gasteiger partial charge in [-0.05, 0) is 47.9 Å². The van der Waals surface area contributed by atoms with Crippen LogP contribution in [0.25, 0.3) is 6.08 Å². The Hall–Kier alpha value is -5.23. The number of nitrogens with one attached hydrogen (secondary N) is 1. The van der Waals surface area contributed by atoms with E-state index in [2.05, 4.69) is 11.9 Å². The van der Waals surface area contributed by atoms with Crippen LogP contribution in [-0.2, 0) is 10.2 Å². The number of Topliss-reactive ketones (excluding diaryl/α,β-unsaturated/α-hetero) is 2. The number of anilines is 1. The Kier molecular flexibility index (Phi) is 6.35. The van der Waals surface area contributed by atoms with Crippen molar-refractivity contribution in [2.75, 3.05) is 11.9 Å². The van der Waals surface area contributed by atoms with Crippen LogP contribution in [0.5, 0.6) is 5.75 Å². The molecule has 7 rings (SSSR count). The highest BCUT2D eigenvalue weighted by Gasteiger charge is 2.70. The fourth-order valence-corrected chi connectivity index (χ4v) is 7.13. The molecule has 43 heavy (non-hydrogen) atoms. The number of hydrogen-bond donors (Lipinski definition) is 1. The molecule has 4 atom stereocenters. The van der Waals surface area contributed by atoms with Crippen molar-refractivity contribution in [3.05, 3.63) is 149 Å². The Labute approximate surface area is 250 Å². The molecule has 3 heterocycles. The number of rotatable bonds is 7. The number of nitrogens with zero attached hydrogens (tertiary/aromatic N) is 1. The fraction of sp³-hybridized carbons (Fsp3) is 0.162. The van der Waals surface area contributed by atoms with Gasteiger partial charge in [0.15, 0.2) is 11.6 Å². The average molecular weight is 567 g/mol. The first-order chi connectivity index (χ1) is 20.9. The van der Waals surface area contributed by atoms with Gasteiger partial charge in [-0.25, -0.2) is 0 Å². The highest BCUT2D eigenvalue weighted by atomic mass is 16.5. The summed E-state index contributed by atoms with van der Waals surface area (Å²) in [6, 6.07) is 28.2. The summed E-state index contributed by atoms with van der Waals surface area (Å²) in [7, 11) is 0. The molecular formula is C37H30N2O4. The second-order valence-electron chi connectivity index (χ2n) is 11.3. The molecule has 0 radical (unpaired) electrons. The van der Waals surface area contributed by atoms with Crippen molar-refractivity contribution in [3.8, 4) is 5.75 Å². The van der Waals surface area contributed by atoms with E-state index in [-0.39, 0.29) is 24.1 Å². The molecule has 1 saturated heterocycles. The predicted octanol–water partition coefficient (Wildman–Crippen LogP) is 6.54. The third-order valence-corrected chi connectivity index (χ3v) is 8.94. The molecule has 6 heteroatoms. The van der Waals surface area contributed by atoms with Crippen molar-refractivity contribution in [3.63, 3.8) is 0 Å². The van der Waals surface area contributed by atoms with Gasteiger partial charge in [0.05, 0.1) is 12.0 Å². The molecule has 3 aliphatic heterocycles. The van der Waals surface area contributed by atoms with Crippen LogP contribution in [0, 0.1) is 12.8 Å². The SMILES string of the molecule is C=CCOc1cccc(C(=O)[C@@H]2[C@H](C(=O)c3ccc(C)cc3)N3C=Cc4ccccc4[C@@H]3[C@]23C(=O)Nc2ccccc23)c1. The summed E-state index contributed by atoms with van der Waals surface area (Å²) in [5.74, 6) is -1.31. The zero-order valence-electron chi connectivity index (χ0n) is 23.7. The largest absolute Gasteiger partial charge is 0.490 e. The van der Waals surface area contributed by atoms with Gasteiger partial charge < -0.3 is 15.0 Å². The number of ether oxygens (including phenoxy) is 1. The second-order valence-corrected chi connectivity index (χ2v) is 11.3. The first-order valence-corrected chi connectivity index (χ1v) is 14.4. The van der Waals surface area contributed by atoms with Crippen molar-refractivity contribution < 1.29 is 19.1 Å². The van der Waals surface area contributed by atoms with Crippen LogP contribution in [0.15, 0.2) is 116 Å². The molecule has 0 aliphatic carbocycles. The van der Waals surface area contributed by atoms with E-state index in [0.717, 1.165) is 22.3 Å². The first-order valence-electron chi connectivity index (χ1n) is 14.4. The molecule has 4 aromatic rings. The lowest BCUT2D eigenvalue weighted by Crippen LogP contribution is -2.49. The van der Waals surface area contributed by atoms with E-state index < -0.39 is 23.4 Å². The van der Waals surface area contributed by atoms with Crippen molar-refractivity contribution in [1.82, 2.24) is 4.90 Å². The van der Waals surface area contributed by atoms with E-state index >= 15 is 0 Å². The number of carbonyl (C=O) groups excluding carboxylic acids is 3. The molecule has 0 aromatic heterocycles. The zero-order chi connectivity index (χ0) is 29.7. The van der Waals surface area contributed by atoms with Crippen LogP contribution < -0.4 is 10.1 Å². The highest BCUT2D eigenvalue weighted by Crippen LogP contribution is 2.62. The van der Waals surface area contributed by atoms with E-state index in [0.29, 0.717) is 22.6 Å². The van der Waals surface area contributed by atoms with Crippen LogP contribution in [-0.4, -0.2) is 35.0 Å². The Morgan fingerprint density at radius 3 is 2.51 bits per heavy atom. The number of fused-ring (bicyclic) bond motifs is 6. The molecule has 0 bridgehead atoms. The quantitative estimate of drug-likeness (QED) is 0.203. The number of amides is 1. The highest BCUT2D eigenvalue weighted by molar-refractivity contribution is 6.16. The number of aryl methyl sites for hydroxylation is 1. The van der Waals surface area contributed by atoms with Crippen LogP contribution in [0.1, 0.15) is 49.0 Å². The van der Waals surface area contributed by atoms with Crippen molar-refractivity contribution >= 4 is 29.2 Å². The number of hydrogen-bond acceptors (Lipinski definition) is 5. The second kappa shape index (κ2) is 10.2. The van der Waals surface area contributed by atoms with E-state index in [1.807, 2.05) is 84.8 Å². The minimum absolute atomic E-state index is 0.208. The number of benzene rings is 4. The third-order valence-electron chi connectivity index (χ3n) is 8.94. The molecule has 6 nitrogen and oxygen atoms in total. The van der Waals surface area contributed by atoms with Crippen LogP contribution in [0.4, 0.5) is 5.69 Å². The summed E-state index contributed by atoms with van der Waals surface area (Å²) < 4.78 is 5.76. The van der Waals surface area contributed by atoms with Gasteiger partial charge in [-0.1, -0.05) is 97.1 Å². The van der Waals surface area contributed by atoms with Gasteiger partial charge in [0, 0.05) is 23.0 Å². The lowest BCUT2D eigenvalue weighted by atomic mass is 9.62. The normalized spacial score (nSPS) is 22.9. The summed E-state index contributed by atoms with van der Waals surface area (Å²) in [6.45, 7) is 5.96. The molecule has 3 aliphatic rings. The van der Waals surface area contributed by atoms with Gasteiger partial charge in [-0.15, -0.1) is 0 Å². The Balaban J connectivity index is 1.50. The fourth-order valence-electron chi connectivity index (χ4n) is 7.13. The van der Waals surface area contributed by atoms with E-state index in [9.17, 15) is 14.4 Å². The molecule has 1 amide bonds. The van der Waals surface area contributed by atoms with E-state index in [4.69, 9.17) is 4.74 Å². The van der Waals surface area contributed by atoms with Gasteiger partial charge in [0.2, 0.25) is 5.91 Å². The number of para-hydroxylation sites is 1. The lowest BCUT2D eigenvalue weighted by molar-refractivity contribution is -0.122. The molecule has 4 aromatic carbocycles. The van der Waals surface area contributed by atoms with Gasteiger partial charge in [0.25, 0.3) is 0 Å². The van der Waals surface area contributed by atoms with Crippen molar-refractivity contribution in [2.45, 2.75) is 24.4 Å². The Morgan fingerprint density at radius 2 is 1.70 bits per heavy atom. The minimum atomic E-state index is -1.38. The minimum Gasteiger partial charge on any atom is -0.490 e. The third kappa shape index (κ3) is 3.97. The van der Waals surface area contributed by atoms with Crippen molar-refractivity contribution in [1.29, 1.82) is 0 Å². The summed E-state index contributed by atoms with van der Waals surface area (Å²) in [4.78, 5) is 46.1. The maximum Gasteiger partial charge on any atom is 0.238 e. The van der Waals surface area contributed by atoms with Crippen LogP contribution >= 0.6 is 0 Å². The summed E-state index contributed by atoms with van der Waals surface area (Å²) in [5.41, 5.74) is 3.75. The van der Waals surface area contributed by atoms with E-state index in [1.54, 1.807) is 42.5 Å². The number of ketones is 2. The van der Waals surface area contributed by atoms with E-state index in [1.165, 1.54) is 0 Å². The van der Waals surface area contributed by atoms with Gasteiger partial charge in [-0.3, -0.25) is 14.4 Å². The monoisotopic (exact) mass is 566 g/mol. The molecule has 1 N–H and O–H groups in total. The average Bonchev–Trinajstić information content (AvgIpc) is 3.52. The topological polar surface area (TPSA) is 75.7 Å². The summed E-state index contributed by atoms with van der Waals surface area (Å²) >= 11 is 0. The number of carbonyl (C=O) groups is 3. The van der Waals surface area contributed by atoms with Crippen LogP contribution in [0.2, 0.25) is 0 Å². The van der Waals surface area contributed by atoms with Crippen LogP contribution in [0.3, 0.4) is 0 Å². The molecule has 212 valence electrons. The molecule has 0 saturated carbocycles. The standard InChI is InChI=1S/C37H30N2O4/c1-3-21-43-27-11-8-10-26(22-27)33(40)31-32(34(41)25-17-15-23(2)16-18-25)39-20-19-24-9-4-5-12-28(24)35(39)37(31)29-13-6-7-14-30(29)38-36(37)42/h3-20,22,31-32,35H,1,21H2,2H3,(H,38,42)/t31-,32+,35+,37+/m0/s1. The maximum absolute atomic E-state index is 15.0. The lowest BCUT2D eigenvalue weighted by Gasteiger charge is -2.38. The first kappa shape index (κ1) is 26.7. The molecule has 0 unspecified atom stereocenters. The smallest absolute Gasteiger partial charge is 0.238 e. The summed E-state index contributed by atoms with van der Waals surface area (Å²) in [6.07, 6.45) is 5.49. The van der Waals surface area contributed by atoms with Crippen molar-refractivity contribution in [2.24, 2.45) is 5.92 Å². The Bertz CT molecular complexity index is 1820. The predicted molar refractivity (Wildman–Crippen MR) is 166 cm³/mol. The Morgan fingerprint density at radius 1 is 0.930 bits per heavy atom. The summed E-state index contributed by atoms with van der Waals surface area (Å²) in [5, 5.41) is 3.09. The molecule has 1 spiro atoms. The molecule has 1 fully saturated rings. The van der Waals surface area contributed by atoms with Gasteiger partial charge in [-0.2, -0.15) is 0 Å². The van der Waals surface area contributed by atoms with Gasteiger partial charge in [0.1, 0.15) is 23.8 Å². The van der Waals surface area contributed by atoms with Gasteiger partial charge >= 0.3 is 0 Å². The zero-order valence-corrected chi connectivity index (χ0v) is 23.7. The maximum atomic E-state index is 15.0. The molecular weight excluding hydrogens is 536 g/mol.